The Morgan fingerprint density at radius 2 is 2.00 bits per heavy atom. The number of nitrogens with one attached hydrogen (secondary N) is 1. The van der Waals surface area contributed by atoms with E-state index >= 15 is 0 Å². The van der Waals surface area contributed by atoms with E-state index in [0.717, 1.165) is 12.1 Å². The highest BCUT2D eigenvalue weighted by Gasteiger charge is 2.31. The monoisotopic (exact) mass is 367 g/mol. The normalized spacial score (nSPS) is 13.7. The predicted octanol–water partition coefficient (Wildman–Crippen LogP) is 2.34. The van der Waals surface area contributed by atoms with Crippen LogP contribution in [-0.4, -0.2) is 36.3 Å². The van der Waals surface area contributed by atoms with Crippen molar-refractivity contribution in [3.05, 3.63) is 42.6 Å². The highest BCUT2D eigenvalue weighted by atomic mass is 19.4. The van der Waals surface area contributed by atoms with Gasteiger partial charge in [0.05, 0.1) is 0 Å². The maximum absolute atomic E-state index is 12.2. The summed E-state index contributed by atoms with van der Waals surface area (Å²) in [6.45, 7) is -0.525. The summed E-state index contributed by atoms with van der Waals surface area (Å²) in [5.74, 6) is -0.764. The van der Waals surface area contributed by atoms with Crippen molar-refractivity contribution in [3.8, 4) is 11.5 Å². The van der Waals surface area contributed by atoms with Crippen LogP contribution in [0.4, 0.5) is 24.7 Å². The summed E-state index contributed by atoms with van der Waals surface area (Å²) in [5, 5.41) is 2.49. The maximum atomic E-state index is 12.2. The van der Waals surface area contributed by atoms with E-state index in [1.807, 2.05) is 0 Å². The molecule has 26 heavy (non-hydrogen) atoms. The molecule has 0 radical (unpaired) electrons. The molecule has 3 rings (SSSR count). The SMILES string of the molecule is O=C(CN1C(=O)COc2cccnc21)Nc1ccc(OC(F)(F)F)cc1. The first-order valence-electron chi connectivity index (χ1n) is 7.36. The van der Waals surface area contributed by atoms with Crippen molar-refractivity contribution < 1.29 is 32.2 Å². The molecular formula is C16H12F3N3O4. The van der Waals surface area contributed by atoms with Gasteiger partial charge < -0.3 is 14.8 Å². The lowest BCUT2D eigenvalue weighted by Crippen LogP contribution is -2.43. The van der Waals surface area contributed by atoms with Crippen LogP contribution in [0, 0.1) is 0 Å². The molecular weight excluding hydrogens is 355 g/mol. The molecule has 0 fully saturated rings. The quantitative estimate of drug-likeness (QED) is 0.897. The summed E-state index contributed by atoms with van der Waals surface area (Å²) in [4.78, 5) is 29.4. The Balaban J connectivity index is 1.65. The van der Waals surface area contributed by atoms with Gasteiger partial charge in [0.2, 0.25) is 5.91 Å². The van der Waals surface area contributed by atoms with Gasteiger partial charge >= 0.3 is 6.36 Å². The maximum Gasteiger partial charge on any atom is 0.573 e. The number of aromatic nitrogens is 1. The lowest BCUT2D eigenvalue weighted by atomic mass is 10.3. The molecule has 7 nitrogen and oxygen atoms in total. The van der Waals surface area contributed by atoms with Crippen molar-refractivity contribution in [2.75, 3.05) is 23.4 Å². The fourth-order valence-corrected chi connectivity index (χ4v) is 2.28. The second-order valence-electron chi connectivity index (χ2n) is 5.21. The summed E-state index contributed by atoms with van der Waals surface area (Å²) in [6, 6.07) is 7.91. The molecule has 136 valence electrons. The smallest absolute Gasteiger partial charge is 0.480 e. The molecule has 0 spiro atoms. The van der Waals surface area contributed by atoms with Gasteiger partial charge in [-0.1, -0.05) is 0 Å². The van der Waals surface area contributed by atoms with Crippen LogP contribution in [0.1, 0.15) is 0 Å². The minimum absolute atomic E-state index is 0.213. The van der Waals surface area contributed by atoms with E-state index in [1.54, 1.807) is 12.1 Å². The minimum Gasteiger partial charge on any atom is -0.480 e. The summed E-state index contributed by atoms with van der Waals surface area (Å²) in [5.41, 5.74) is 0.256. The first-order chi connectivity index (χ1) is 12.3. The van der Waals surface area contributed by atoms with Crippen LogP contribution in [0.5, 0.6) is 11.5 Å². The fourth-order valence-electron chi connectivity index (χ4n) is 2.28. The average Bonchev–Trinajstić information content (AvgIpc) is 2.58. The number of carbonyl (C=O) groups excluding carboxylic acids is 2. The molecule has 1 N–H and O–H groups in total. The van der Waals surface area contributed by atoms with Gasteiger partial charge in [-0.3, -0.25) is 14.5 Å². The Bertz CT molecular complexity index is 824. The van der Waals surface area contributed by atoms with Crippen molar-refractivity contribution in [1.82, 2.24) is 4.98 Å². The van der Waals surface area contributed by atoms with E-state index in [-0.39, 0.29) is 24.7 Å². The summed E-state index contributed by atoms with van der Waals surface area (Å²) in [7, 11) is 0. The van der Waals surface area contributed by atoms with E-state index in [0.29, 0.717) is 5.75 Å². The molecule has 1 aliphatic heterocycles. The Hall–Kier alpha value is -3.30. The number of rotatable bonds is 4. The van der Waals surface area contributed by atoms with Crippen molar-refractivity contribution in [2.24, 2.45) is 0 Å². The number of pyridine rings is 1. The van der Waals surface area contributed by atoms with Gasteiger partial charge in [0.15, 0.2) is 18.2 Å². The van der Waals surface area contributed by atoms with Crippen LogP contribution in [-0.2, 0) is 9.59 Å². The fraction of sp³-hybridized carbons (Fsp3) is 0.188. The van der Waals surface area contributed by atoms with Gasteiger partial charge in [-0.25, -0.2) is 4.98 Å². The lowest BCUT2D eigenvalue weighted by molar-refractivity contribution is -0.274. The number of halogens is 3. The van der Waals surface area contributed by atoms with Crippen molar-refractivity contribution in [1.29, 1.82) is 0 Å². The second-order valence-corrected chi connectivity index (χ2v) is 5.21. The van der Waals surface area contributed by atoms with E-state index in [4.69, 9.17) is 4.74 Å². The second kappa shape index (κ2) is 6.90. The number of anilines is 2. The molecule has 1 aromatic heterocycles. The van der Waals surface area contributed by atoms with Crippen LogP contribution in [0.3, 0.4) is 0 Å². The molecule has 1 aliphatic rings. The number of ether oxygens (including phenoxy) is 2. The molecule has 0 saturated heterocycles. The molecule has 0 atom stereocenters. The zero-order valence-electron chi connectivity index (χ0n) is 13.1. The number of carbonyl (C=O) groups is 2. The standard InChI is InChI=1S/C16H12F3N3O4/c17-16(18,19)26-11-5-3-10(4-6-11)21-13(23)8-22-14(24)9-25-12-2-1-7-20-15(12)22/h1-7H,8-9H2,(H,21,23). The summed E-state index contributed by atoms with van der Waals surface area (Å²) >= 11 is 0. The largest absolute Gasteiger partial charge is 0.573 e. The van der Waals surface area contributed by atoms with Gasteiger partial charge in [-0.15, -0.1) is 13.2 Å². The Labute approximate surface area is 145 Å². The molecule has 2 amide bonds. The molecule has 1 aromatic carbocycles. The predicted molar refractivity (Wildman–Crippen MR) is 83.8 cm³/mol. The van der Waals surface area contributed by atoms with Gasteiger partial charge in [-0.05, 0) is 36.4 Å². The van der Waals surface area contributed by atoms with Crippen LogP contribution in [0.25, 0.3) is 0 Å². The third-order valence-electron chi connectivity index (χ3n) is 3.33. The van der Waals surface area contributed by atoms with E-state index < -0.39 is 23.9 Å². The highest BCUT2D eigenvalue weighted by Crippen LogP contribution is 2.29. The Kier molecular flexibility index (Phi) is 4.65. The number of amides is 2. The third kappa shape index (κ3) is 4.21. The topological polar surface area (TPSA) is 80.8 Å². The lowest BCUT2D eigenvalue weighted by Gasteiger charge is -2.27. The van der Waals surface area contributed by atoms with Crippen molar-refractivity contribution >= 4 is 23.3 Å². The van der Waals surface area contributed by atoms with Crippen molar-refractivity contribution in [3.63, 3.8) is 0 Å². The molecule has 0 saturated carbocycles. The average molecular weight is 367 g/mol. The number of hydrogen-bond donors (Lipinski definition) is 1. The first-order valence-corrected chi connectivity index (χ1v) is 7.36. The van der Waals surface area contributed by atoms with Crippen molar-refractivity contribution in [2.45, 2.75) is 6.36 Å². The first kappa shape index (κ1) is 17.5. The zero-order valence-corrected chi connectivity index (χ0v) is 13.1. The Morgan fingerprint density at radius 3 is 2.69 bits per heavy atom. The van der Waals surface area contributed by atoms with Gasteiger partial charge in [-0.2, -0.15) is 0 Å². The summed E-state index contributed by atoms with van der Waals surface area (Å²) < 4.78 is 45.4. The minimum atomic E-state index is -4.79. The molecule has 10 heteroatoms. The Morgan fingerprint density at radius 1 is 1.27 bits per heavy atom. The molecule has 0 unspecified atom stereocenters. The molecule has 0 aliphatic carbocycles. The van der Waals surface area contributed by atoms with Gasteiger partial charge in [0.1, 0.15) is 12.3 Å². The molecule has 2 aromatic rings. The number of alkyl halides is 3. The number of benzene rings is 1. The van der Waals surface area contributed by atoms with Crippen LogP contribution in [0.2, 0.25) is 0 Å². The van der Waals surface area contributed by atoms with E-state index in [1.165, 1.54) is 23.2 Å². The molecule has 2 heterocycles. The van der Waals surface area contributed by atoms with E-state index in [9.17, 15) is 22.8 Å². The number of nitrogens with zero attached hydrogens (tertiary/aromatic N) is 2. The van der Waals surface area contributed by atoms with Crippen LogP contribution in [0.15, 0.2) is 42.6 Å². The van der Waals surface area contributed by atoms with Crippen LogP contribution < -0.4 is 19.7 Å². The number of hydrogen-bond acceptors (Lipinski definition) is 5. The highest BCUT2D eigenvalue weighted by molar-refractivity contribution is 6.04. The van der Waals surface area contributed by atoms with E-state index in [2.05, 4.69) is 15.0 Å². The van der Waals surface area contributed by atoms with Crippen LogP contribution >= 0.6 is 0 Å². The van der Waals surface area contributed by atoms with Gasteiger partial charge in [0, 0.05) is 11.9 Å². The third-order valence-corrected chi connectivity index (χ3v) is 3.33. The number of fused-ring (bicyclic) bond motifs is 1. The molecule has 0 bridgehead atoms. The van der Waals surface area contributed by atoms with Gasteiger partial charge in [0.25, 0.3) is 5.91 Å². The summed E-state index contributed by atoms with van der Waals surface area (Å²) in [6.07, 6.45) is -3.33. The zero-order chi connectivity index (χ0) is 18.7.